The van der Waals surface area contributed by atoms with Crippen LogP contribution in [0.3, 0.4) is 0 Å². The van der Waals surface area contributed by atoms with Gasteiger partial charge < -0.3 is 19.9 Å². The second kappa shape index (κ2) is 6.46. The van der Waals surface area contributed by atoms with E-state index in [-0.39, 0.29) is 18.0 Å². The summed E-state index contributed by atoms with van der Waals surface area (Å²) >= 11 is 0. The minimum atomic E-state index is -0.282. The third kappa shape index (κ3) is 2.84. The van der Waals surface area contributed by atoms with Gasteiger partial charge in [-0.15, -0.1) is 0 Å². The van der Waals surface area contributed by atoms with E-state index in [1.165, 1.54) is 0 Å². The van der Waals surface area contributed by atoms with Gasteiger partial charge >= 0.3 is 0 Å². The molecule has 0 aliphatic carbocycles. The Labute approximate surface area is 129 Å². The van der Waals surface area contributed by atoms with Crippen molar-refractivity contribution < 1.29 is 9.53 Å². The van der Waals surface area contributed by atoms with Gasteiger partial charge in [0, 0.05) is 13.1 Å². The third-order valence-corrected chi connectivity index (χ3v) is 3.98. The van der Waals surface area contributed by atoms with E-state index in [1.807, 2.05) is 25.1 Å². The van der Waals surface area contributed by atoms with Crippen molar-refractivity contribution in [1.82, 2.24) is 20.2 Å². The minimum Gasteiger partial charge on any atom is -0.378 e. The number of morpholine rings is 1. The molecular weight excluding hydrogens is 280 g/mol. The highest BCUT2D eigenvalue weighted by atomic mass is 16.5. The van der Waals surface area contributed by atoms with Crippen LogP contribution in [0.25, 0.3) is 11.0 Å². The van der Waals surface area contributed by atoms with Gasteiger partial charge in [-0.2, -0.15) is 0 Å². The number of amides is 1. The predicted octanol–water partition coefficient (Wildman–Crippen LogP) is 1.22. The lowest BCUT2D eigenvalue weighted by molar-refractivity contribution is -0.126. The van der Waals surface area contributed by atoms with Crippen LogP contribution in [0.5, 0.6) is 0 Å². The number of ether oxygens (including phenoxy) is 1. The summed E-state index contributed by atoms with van der Waals surface area (Å²) in [5, 5.41) is 6.20. The maximum atomic E-state index is 12.3. The fourth-order valence-corrected chi connectivity index (χ4v) is 2.87. The summed E-state index contributed by atoms with van der Waals surface area (Å²) in [7, 11) is 0. The number of aromatic nitrogens is 2. The van der Waals surface area contributed by atoms with Gasteiger partial charge in [0.1, 0.15) is 11.9 Å². The molecule has 0 unspecified atom stereocenters. The molecule has 1 aliphatic rings. The summed E-state index contributed by atoms with van der Waals surface area (Å²) in [6, 6.07) is 7.61. The fourth-order valence-electron chi connectivity index (χ4n) is 2.87. The number of benzene rings is 1. The molecule has 118 valence electrons. The lowest BCUT2D eigenvalue weighted by atomic mass is 10.2. The van der Waals surface area contributed by atoms with Crippen molar-refractivity contribution in [3.8, 4) is 0 Å². The van der Waals surface area contributed by atoms with Crippen molar-refractivity contribution >= 4 is 16.9 Å². The molecule has 1 aromatic carbocycles. The molecule has 0 saturated carbocycles. The molecule has 2 aromatic rings. The number of nitrogens with zero attached hydrogens (tertiary/aromatic N) is 2. The topological polar surface area (TPSA) is 68.2 Å². The van der Waals surface area contributed by atoms with Crippen molar-refractivity contribution in [1.29, 1.82) is 0 Å². The van der Waals surface area contributed by atoms with Gasteiger partial charge in [0.05, 0.1) is 30.3 Å². The van der Waals surface area contributed by atoms with E-state index < -0.39 is 0 Å². The molecule has 0 radical (unpaired) electrons. The molecule has 1 amide bonds. The molecule has 2 atom stereocenters. The Morgan fingerprint density at radius 3 is 3.09 bits per heavy atom. The number of carbonyl (C=O) groups excluding carboxylic acids is 1. The van der Waals surface area contributed by atoms with Crippen LogP contribution in [0.15, 0.2) is 24.3 Å². The maximum Gasteiger partial charge on any atom is 0.240 e. The van der Waals surface area contributed by atoms with Crippen LogP contribution < -0.4 is 10.6 Å². The lowest BCUT2D eigenvalue weighted by Crippen LogP contribution is -2.51. The highest BCUT2D eigenvalue weighted by molar-refractivity contribution is 5.82. The molecule has 1 fully saturated rings. The Morgan fingerprint density at radius 1 is 1.55 bits per heavy atom. The first-order valence-corrected chi connectivity index (χ1v) is 7.77. The molecule has 1 saturated heterocycles. The summed E-state index contributed by atoms with van der Waals surface area (Å²) < 4.78 is 7.48. The fraction of sp³-hybridized carbons (Fsp3) is 0.500. The summed E-state index contributed by atoms with van der Waals surface area (Å²) in [6.07, 6.45) is 0. The Kier molecular flexibility index (Phi) is 4.40. The number of aryl methyl sites for hydroxylation is 1. The van der Waals surface area contributed by atoms with Gasteiger partial charge in [-0.3, -0.25) is 4.79 Å². The van der Waals surface area contributed by atoms with Crippen LogP contribution in [0.4, 0.5) is 0 Å². The van der Waals surface area contributed by atoms with Gasteiger partial charge in [0.25, 0.3) is 0 Å². The van der Waals surface area contributed by atoms with Crippen LogP contribution in [0.2, 0.25) is 0 Å². The van der Waals surface area contributed by atoms with Crippen molar-refractivity contribution in [3.63, 3.8) is 0 Å². The van der Waals surface area contributed by atoms with Crippen molar-refractivity contribution in [2.75, 3.05) is 19.8 Å². The standard InChI is InChI=1S/C16H22N4O2/c1-3-20-14-7-5-4-6-12(14)19-15(20)11(2)18-16(21)13-10-22-9-8-17-13/h4-7,11,13,17H,3,8-10H2,1-2H3,(H,18,21)/t11-,13-/m0/s1. The SMILES string of the molecule is CCn1c([C@H](C)NC(=O)[C@@H]2COCCN2)nc2ccccc21. The molecule has 1 aromatic heterocycles. The number of hydrogen-bond donors (Lipinski definition) is 2. The summed E-state index contributed by atoms with van der Waals surface area (Å²) in [5.41, 5.74) is 2.06. The van der Waals surface area contributed by atoms with Gasteiger partial charge in [0.15, 0.2) is 0 Å². The quantitative estimate of drug-likeness (QED) is 0.891. The maximum absolute atomic E-state index is 12.3. The largest absolute Gasteiger partial charge is 0.378 e. The third-order valence-electron chi connectivity index (χ3n) is 3.98. The number of hydrogen-bond acceptors (Lipinski definition) is 4. The molecule has 2 N–H and O–H groups in total. The number of carbonyl (C=O) groups is 1. The second-order valence-corrected chi connectivity index (χ2v) is 5.51. The van der Waals surface area contributed by atoms with E-state index in [9.17, 15) is 4.79 Å². The number of nitrogens with one attached hydrogen (secondary N) is 2. The number of imidazole rings is 1. The highest BCUT2D eigenvalue weighted by Gasteiger charge is 2.24. The Hall–Kier alpha value is -1.92. The second-order valence-electron chi connectivity index (χ2n) is 5.51. The van der Waals surface area contributed by atoms with Crippen LogP contribution in [-0.4, -0.2) is 41.3 Å². The zero-order valence-electron chi connectivity index (χ0n) is 13.0. The smallest absolute Gasteiger partial charge is 0.240 e. The molecule has 22 heavy (non-hydrogen) atoms. The van der Waals surface area contributed by atoms with Crippen LogP contribution in [0.1, 0.15) is 25.7 Å². The zero-order chi connectivity index (χ0) is 15.5. The lowest BCUT2D eigenvalue weighted by Gasteiger charge is -2.24. The first kappa shape index (κ1) is 15.0. The first-order valence-electron chi connectivity index (χ1n) is 7.77. The van der Waals surface area contributed by atoms with Gasteiger partial charge in [-0.1, -0.05) is 12.1 Å². The average molecular weight is 302 g/mol. The first-order chi connectivity index (χ1) is 10.7. The van der Waals surface area contributed by atoms with E-state index in [0.717, 1.165) is 23.4 Å². The van der Waals surface area contributed by atoms with Crippen molar-refractivity contribution in [3.05, 3.63) is 30.1 Å². The number of rotatable bonds is 4. The molecule has 2 heterocycles. The normalized spacial score (nSPS) is 20.0. The molecule has 0 spiro atoms. The highest BCUT2D eigenvalue weighted by Crippen LogP contribution is 2.20. The van der Waals surface area contributed by atoms with Crippen LogP contribution in [-0.2, 0) is 16.1 Å². The van der Waals surface area contributed by atoms with E-state index >= 15 is 0 Å². The van der Waals surface area contributed by atoms with E-state index in [0.29, 0.717) is 19.8 Å². The van der Waals surface area contributed by atoms with Gasteiger partial charge in [-0.25, -0.2) is 4.98 Å². The molecule has 0 bridgehead atoms. The Bertz CT molecular complexity index is 661. The monoisotopic (exact) mass is 302 g/mol. The minimum absolute atomic E-state index is 0.0399. The Balaban J connectivity index is 1.79. The van der Waals surface area contributed by atoms with Crippen LogP contribution >= 0.6 is 0 Å². The van der Waals surface area contributed by atoms with E-state index in [4.69, 9.17) is 4.74 Å². The molecule has 3 rings (SSSR count). The van der Waals surface area contributed by atoms with E-state index in [1.54, 1.807) is 0 Å². The molecule has 1 aliphatic heterocycles. The Morgan fingerprint density at radius 2 is 2.36 bits per heavy atom. The molecule has 6 nitrogen and oxygen atoms in total. The molecular formula is C16H22N4O2. The average Bonchev–Trinajstić information content (AvgIpc) is 2.94. The summed E-state index contributed by atoms with van der Waals surface area (Å²) in [6.45, 7) is 6.66. The van der Waals surface area contributed by atoms with Crippen molar-refractivity contribution in [2.24, 2.45) is 0 Å². The van der Waals surface area contributed by atoms with Crippen molar-refractivity contribution in [2.45, 2.75) is 32.5 Å². The predicted molar refractivity (Wildman–Crippen MR) is 84.6 cm³/mol. The summed E-state index contributed by atoms with van der Waals surface area (Å²) in [4.78, 5) is 17.0. The molecule has 6 heteroatoms. The summed E-state index contributed by atoms with van der Waals surface area (Å²) in [5.74, 6) is 0.843. The number of fused-ring (bicyclic) bond motifs is 1. The van der Waals surface area contributed by atoms with Crippen LogP contribution in [0, 0.1) is 0 Å². The van der Waals surface area contributed by atoms with E-state index in [2.05, 4.69) is 33.2 Å². The van der Waals surface area contributed by atoms with Gasteiger partial charge in [0.2, 0.25) is 5.91 Å². The van der Waals surface area contributed by atoms with Gasteiger partial charge in [-0.05, 0) is 26.0 Å². The zero-order valence-corrected chi connectivity index (χ0v) is 13.0. The number of para-hydroxylation sites is 2.